The molecule has 0 unspecified atom stereocenters. The van der Waals surface area contributed by atoms with Crippen molar-refractivity contribution < 1.29 is 9.53 Å². The van der Waals surface area contributed by atoms with Crippen molar-refractivity contribution in [2.24, 2.45) is 11.8 Å². The summed E-state index contributed by atoms with van der Waals surface area (Å²) < 4.78 is 4.88. The molecular weight excluding hydrogens is 190 g/mol. The van der Waals surface area contributed by atoms with Crippen molar-refractivity contribution in [3.63, 3.8) is 0 Å². The summed E-state index contributed by atoms with van der Waals surface area (Å²) >= 11 is 0. The van der Waals surface area contributed by atoms with E-state index in [9.17, 15) is 4.79 Å². The monoisotopic (exact) mass is 213 g/mol. The van der Waals surface area contributed by atoms with Gasteiger partial charge in [0.2, 0.25) is 0 Å². The molecule has 1 aliphatic heterocycles. The first-order valence-electron chi connectivity index (χ1n) is 5.95. The summed E-state index contributed by atoms with van der Waals surface area (Å²) in [5.74, 6) is 0.608. The Kier molecular flexibility index (Phi) is 5.09. The normalized spacial score (nSPS) is 27.7. The fourth-order valence-corrected chi connectivity index (χ4v) is 2.39. The maximum absolute atomic E-state index is 11.6. The molecule has 0 saturated carbocycles. The minimum Gasteiger partial charge on any atom is -0.469 e. The average Bonchev–Trinajstić information content (AvgIpc) is 2.26. The second kappa shape index (κ2) is 6.11. The van der Waals surface area contributed by atoms with Crippen LogP contribution in [0.4, 0.5) is 0 Å². The summed E-state index contributed by atoms with van der Waals surface area (Å²) in [7, 11) is 3.57. The van der Waals surface area contributed by atoms with Crippen molar-refractivity contribution >= 4 is 5.97 Å². The summed E-state index contributed by atoms with van der Waals surface area (Å²) in [5.41, 5.74) is 0. The average molecular weight is 213 g/mol. The van der Waals surface area contributed by atoms with Gasteiger partial charge in [-0.1, -0.05) is 19.8 Å². The minimum absolute atomic E-state index is 0.0253. The van der Waals surface area contributed by atoms with Crippen LogP contribution in [0.3, 0.4) is 0 Å². The van der Waals surface area contributed by atoms with Crippen LogP contribution in [0.15, 0.2) is 0 Å². The van der Waals surface area contributed by atoms with Gasteiger partial charge in [-0.25, -0.2) is 0 Å². The standard InChI is InChI=1S/C12H23NO2/c1-4-5-6-10-7-8-13(2)9-11(10)12(14)15-3/h10-11H,4-9H2,1-3H3/t10-,11-/m0/s1. The van der Waals surface area contributed by atoms with Gasteiger partial charge in [-0.05, 0) is 32.4 Å². The van der Waals surface area contributed by atoms with E-state index in [1.807, 2.05) is 0 Å². The van der Waals surface area contributed by atoms with Gasteiger partial charge in [0.25, 0.3) is 0 Å². The molecule has 1 saturated heterocycles. The zero-order chi connectivity index (χ0) is 11.3. The molecule has 0 radical (unpaired) electrons. The topological polar surface area (TPSA) is 29.5 Å². The highest BCUT2D eigenvalue weighted by Crippen LogP contribution is 2.28. The van der Waals surface area contributed by atoms with E-state index in [0.717, 1.165) is 19.5 Å². The van der Waals surface area contributed by atoms with Crippen LogP contribution < -0.4 is 0 Å². The van der Waals surface area contributed by atoms with Gasteiger partial charge in [-0.3, -0.25) is 4.79 Å². The van der Waals surface area contributed by atoms with E-state index in [2.05, 4.69) is 18.9 Å². The predicted molar refractivity (Wildman–Crippen MR) is 60.6 cm³/mol. The molecule has 0 bridgehead atoms. The number of hydrogen-bond donors (Lipinski definition) is 0. The third-order valence-corrected chi connectivity index (χ3v) is 3.39. The van der Waals surface area contributed by atoms with Crippen molar-refractivity contribution in [3.05, 3.63) is 0 Å². The molecular formula is C12H23NO2. The van der Waals surface area contributed by atoms with Crippen LogP contribution >= 0.6 is 0 Å². The maximum Gasteiger partial charge on any atom is 0.310 e. The molecule has 0 amide bonds. The number of ether oxygens (including phenoxy) is 1. The summed E-state index contributed by atoms with van der Waals surface area (Å²) in [5, 5.41) is 0. The number of esters is 1. The number of piperidine rings is 1. The number of nitrogens with zero attached hydrogens (tertiary/aromatic N) is 1. The van der Waals surface area contributed by atoms with Crippen LogP contribution in [0, 0.1) is 11.8 Å². The highest BCUT2D eigenvalue weighted by atomic mass is 16.5. The lowest BCUT2D eigenvalue weighted by Gasteiger charge is -2.35. The Bertz CT molecular complexity index is 204. The highest BCUT2D eigenvalue weighted by molar-refractivity contribution is 5.73. The quantitative estimate of drug-likeness (QED) is 0.668. The molecule has 1 heterocycles. The van der Waals surface area contributed by atoms with Gasteiger partial charge in [0.05, 0.1) is 13.0 Å². The van der Waals surface area contributed by atoms with E-state index >= 15 is 0 Å². The molecule has 1 aliphatic rings. The molecule has 1 rings (SSSR count). The largest absolute Gasteiger partial charge is 0.469 e. The number of methoxy groups -OCH3 is 1. The minimum atomic E-state index is -0.0253. The van der Waals surface area contributed by atoms with Crippen molar-refractivity contribution in [1.82, 2.24) is 4.90 Å². The van der Waals surface area contributed by atoms with Crippen LogP contribution in [-0.4, -0.2) is 38.1 Å². The summed E-state index contributed by atoms with van der Waals surface area (Å²) in [6.07, 6.45) is 4.74. The van der Waals surface area contributed by atoms with Crippen LogP contribution in [0.25, 0.3) is 0 Å². The van der Waals surface area contributed by atoms with Gasteiger partial charge in [-0.15, -0.1) is 0 Å². The Balaban J connectivity index is 2.53. The fourth-order valence-electron chi connectivity index (χ4n) is 2.39. The Morgan fingerprint density at radius 1 is 1.53 bits per heavy atom. The first-order valence-corrected chi connectivity index (χ1v) is 5.95. The molecule has 0 aromatic carbocycles. The third-order valence-electron chi connectivity index (χ3n) is 3.39. The van der Waals surface area contributed by atoms with Crippen molar-refractivity contribution in [3.8, 4) is 0 Å². The van der Waals surface area contributed by atoms with E-state index in [1.165, 1.54) is 26.4 Å². The maximum atomic E-state index is 11.6. The van der Waals surface area contributed by atoms with E-state index in [1.54, 1.807) is 0 Å². The first-order chi connectivity index (χ1) is 7.19. The smallest absolute Gasteiger partial charge is 0.310 e. The SMILES string of the molecule is CCCC[C@H]1CCN(C)C[C@@H]1C(=O)OC. The first kappa shape index (κ1) is 12.5. The molecule has 1 fully saturated rings. The predicted octanol–water partition coefficient (Wildman–Crippen LogP) is 1.92. The van der Waals surface area contributed by atoms with E-state index in [4.69, 9.17) is 4.74 Å². The molecule has 3 nitrogen and oxygen atoms in total. The Labute approximate surface area is 92.8 Å². The Hall–Kier alpha value is -0.570. The highest BCUT2D eigenvalue weighted by Gasteiger charge is 2.33. The Morgan fingerprint density at radius 2 is 2.27 bits per heavy atom. The van der Waals surface area contributed by atoms with Crippen LogP contribution in [0.5, 0.6) is 0 Å². The molecule has 0 spiro atoms. The molecule has 3 heteroatoms. The second-order valence-electron chi connectivity index (χ2n) is 4.58. The van der Waals surface area contributed by atoms with E-state index in [-0.39, 0.29) is 11.9 Å². The van der Waals surface area contributed by atoms with E-state index in [0.29, 0.717) is 5.92 Å². The molecule has 2 atom stereocenters. The molecule has 0 N–H and O–H groups in total. The number of hydrogen-bond acceptors (Lipinski definition) is 3. The molecule has 0 aromatic heterocycles. The molecule has 88 valence electrons. The summed E-state index contributed by atoms with van der Waals surface area (Å²) in [6, 6.07) is 0. The van der Waals surface area contributed by atoms with E-state index < -0.39 is 0 Å². The molecule has 0 aromatic rings. The van der Waals surface area contributed by atoms with Gasteiger partial charge in [0.15, 0.2) is 0 Å². The fraction of sp³-hybridized carbons (Fsp3) is 0.917. The second-order valence-corrected chi connectivity index (χ2v) is 4.58. The van der Waals surface area contributed by atoms with Crippen molar-refractivity contribution in [1.29, 1.82) is 0 Å². The van der Waals surface area contributed by atoms with Crippen LogP contribution in [0.1, 0.15) is 32.6 Å². The number of rotatable bonds is 4. The number of likely N-dealkylation sites (tertiary alicyclic amines) is 1. The van der Waals surface area contributed by atoms with Gasteiger partial charge in [-0.2, -0.15) is 0 Å². The zero-order valence-corrected chi connectivity index (χ0v) is 10.2. The van der Waals surface area contributed by atoms with Crippen molar-refractivity contribution in [2.45, 2.75) is 32.6 Å². The number of unbranched alkanes of at least 4 members (excludes halogenated alkanes) is 1. The summed E-state index contributed by atoms with van der Waals surface area (Å²) in [4.78, 5) is 13.9. The lowest BCUT2D eigenvalue weighted by molar-refractivity contribution is -0.149. The number of carbonyl (C=O) groups is 1. The summed E-state index contributed by atoms with van der Waals surface area (Å²) in [6.45, 7) is 4.17. The van der Waals surface area contributed by atoms with Gasteiger partial charge < -0.3 is 9.64 Å². The third kappa shape index (κ3) is 3.49. The van der Waals surface area contributed by atoms with Gasteiger partial charge >= 0.3 is 5.97 Å². The van der Waals surface area contributed by atoms with Gasteiger partial charge in [0.1, 0.15) is 0 Å². The zero-order valence-electron chi connectivity index (χ0n) is 10.2. The molecule has 0 aliphatic carbocycles. The number of carbonyl (C=O) groups excluding carboxylic acids is 1. The molecule has 15 heavy (non-hydrogen) atoms. The lowest BCUT2D eigenvalue weighted by Crippen LogP contribution is -2.42. The van der Waals surface area contributed by atoms with Crippen molar-refractivity contribution in [2.75, 3.05) is 27.2 Å². The van der Waals surface area contributed by atoms with Crippen LogP contribution in [-0.2, 0) is 9.53 Å². The lowest BCUT2D eigenvalue weighted by atomic mass is 9.82. The Morgan fingerprint density at radius 3 is 2.87 bits per heavy atom. The van der Waals surface area contributed by atoms with Gasteiger partial charge in [0, 0.05) is 6.54 Å². The van der Waals surface area contributed by atoms with Crippen LogP contribution in [0.2, 0.25) is 0 Å².